The van der Waals surface area contributed by atoms with Crippen LogP contribution in [0.4, 0.5) is 5.69 Å². The summed E-state index contributed by atoms with van der Waals surface area (Å²) in [5, 5.41) is 3.50. The highest BCUT2D eigenvalue weighted by atomic mass is 35.5. The lowest BCUT2D eigenvalue weighted by Crippen LogP contribution is -2.43. The average molecular weight is 406 g/mol. The van der Waals surface area contributed by atoms with Gasteiger partial charge in [0, 0.05) is 33.4 Å². The molecule has 1 aliphatic rings. The molecule has 2 aromatic rings. The maximum atomic E-state index is 12.8. The third kappa shape index (κ3) is 4.40. The molecule has 8 heteroatoms. The Morgan fingerprint density at radius 3 is 2.22 bits per heavy atom. The van der Waals surface area contributed by atoms with Crippen LogP contribution in [-0.2, 0) is 4.79 Å². The molecule has 0 aliphatic carbocycles. The molecular formula is C19H17Cl2N3O3. The number of anilines is 1. The van der Waals surface area contributed by atoms with Crippen LogP contribution < -0.4 is 11.1 Å². The zero-order valence-corrected chi connectivity index (χ0v) is 15.8. The normalized spacial score (nSPS) is 16.2. The predicted molar refractivity (Wildman–Crippen MR) is 104 cm³/mol. The number of nitrogens with one attached hydrogen (secondary N) is 1. The number of likely N-dealkylation sites (tertiary alicyclic amines) is 1. The van der Waals surface area contributed by atoms with Crippen LogP contribution in [0.2, 0.25) is 10.0 Å². The van der Waals surface area contributed by atoms with Gasteiger partial charge < -0.3 is 16.0 Å². The van der Waals surface area contributed by atoms with Crippen LogP contribution in [0.15, 0.2) is 42.5 Å². The molecule has 1 atom stereocenters. The molecule has 3 rings (SSSR count). The van der Waals surface area contributed by atoms with E-state index in [-0.39, 0.29) is 11.8 Å². The largest absolute Gasteiger partial charge is 0.366 e. The first-order valence-corrected chi connectivity index (χ1v) is 9.08. The molecule has 3 N–H and O–H groups in total. The Morgan fingerprint density at radius 1 is 1.00 bits per heavy atom. The van der Waals surface area contributed by atoms with Gasteiger partial charge in [0.05, 0.1) is 0 Å². The van der Waals surface area contributed by atoms with E-state index >= 15 is 0 Å². The Balaban J connectivity index is 1.74. The summed E-state index contributed by atoms with van der Waals surface area (Å²) in [6.45, 7) is 0.474. The first-order valence-electron chi connectivity index (χ1n) is 8.33. The topological polar surface area (TPSA) is 92.5 Å². The number of nitrogens with two attached hydrogens (primary N) is 1. The second-order valence-electron chi connectivity index (χ2n) is 6.25. The van der Waals surface area contributed by atoms with Gasteiger partial charge in [0.1, 0.15) is 6.04 Å². The number of hydrogen-bond acceptors (Lipinski definition) is 3. The van der Waals surface area contributed by atoms with Crippen molar-refractivity contribution in [1.82, 2.24) is 4.90 Å². The monoisotopic (exact) mass is 405 g/mol. The minimum absolute atomic E-state index is 0.291. The molecule has 0 aromatic heterocycles. The van der Waals surface area contributed by atoms with E-state index < -0.39 is 11.9 Å². The van der Waals surface area contributed by atoms with Gasteiger partial charge in [0.25, 0.3) is 5.91 Å². The van der Waals surface area contributed by atoms with E-state index in [1.165, 1.54) is 29.2 Å². The van der Waals surface area contributed by atoms with Gasteiger partial charge in [-0.25, -0.2) is 0 Å². The van der Waals surface area contributed by atoms with Crippen LogP contribution in [-0.4, -0.2) is 35.2 Å². The van der Waals surface area contributed by atoms with Crippen molar-refractivity contribution >= 4 is 46.6 Å². The second-order valence-corrected chi connectivity index (χ2v) is 7.12. The second kappa shape index (κ2) is 7.98. The van der Waals surface area contributed by atoms with E-state index in [1.807, 2.05) is 0 Å². The van der Waals surface area contributed by atoms with E-state index in [9.17, 15) is 14.4 Å². The minimum Gasteiger partial charge on any atom is -0.366 e. The molecule has 1 fully saturated rings. The first-order chi connectivity index (χ1) is 12.8. The van der Waals surface area contributed by atoms with Crippen molar-refractivity contribution in [3.63, 3.8) is 0 Å². The molecular weight excluding hydrogens is 389 g/mol. The maximum absolute atomic E-state index is 12.8. The van der Waals surface area contributed by atoms with Crippen molar-refractivity contribution in [3.8, 4) is 0 Å². The SMILES string of the molecule is NC(=O)c1ccc(NC(=O)C2CCCN2C(=O)c2cc(Cl)cc(Cl)c2)cc1. The van der Waals surface area contributed by atoms with Crippen molar-refractivity contribution in [2.24, 2.45) is 5.73 Å². The average Bonchev–Trinajstić information content (AvgIpc) is 3.10. The zero-order valence-electron chi connectivity index (χ0n) is 14.2. The predicted octanol–water partition coefficient (Wildman–Crippen LogP) is 3.34. The van der Waals surface area contributed by atoms with Gasteiger partial charge in [0.2, 0.25) is 11.8 Å². The third-order valence-electron chi connectivity index (χ3n) is 4.36. The Kier molecular flexibility index (Phi) is 5.68. The van der Waals surface area contributed by atoms with Crippen LogP contribution >= 0.6 is 23.2 Å². The van der Waals surface area contributed by atoms with Gasteiger partial charge in [-0.1, -0.05) is 23.2 Å². The minimum atomic E-state index is -0.592. The summed E-state index contributed by atoms with van der Waals surface area (Å²) in [7, 11) is 0. The van der Waals surface area contributed by atoms with Gasteiger partial charge in [-0.05, 0) is 55.3 Å². The molecule has 2 aromatic carbocycles. The summed E-state index contributed by atoms with van der Waals surface area (Å²) in [5.74, 6) is -1.12. The van der Waals surface area contributed by atoms with Crippen molar-refractivity contribution in [2.45, 2.75) is 18.9 Å². The van der Waals surface area contributed by atoms with Crippen molar-refractivity contribution < 1.29 is 14.4 Å². The molecule has 0 radical (unpaired) electrons. The standard InChI is InChI=1S/C19H17Cl2N3O3/c20-13-8-12(9-14(21)10-13)19(27)24-7-1-2-16(24)18(26)23-15-5-3-11(4-6-15)17(22)25/h3-6,8-10,16H,1-2,7H2,(H2,22,25)(H,23,26). The Bertz CT molecular complexity index is 879. The van der Waals surface area contributed by atoms with Crippen LogP contribution in [0.5, 0.6) is 0 Å². The molecule has 27 heavy (non-hydrogen) atoms. The summed E-state index contributed by atoms with van der Waals surface area (Å²) in [6, 6.07) is 10.3. The lowest BCUT2D eigenvalue weighted by molar-refractivity contribution is -0.119. The number of amides is 3. The number of benzene rings is 2. The van der Waals surface area contributed by atoms with Crippen molar-refractivity contribution in [2.75, 3.05) is 11.9 Å². The fraction of sp³-hybridized carbons (Fsp3) is 0.211. The Labute approximate surface area is 166 Å². The third-order valence-corrected chi connectivity index (χ3v) is 4.80. The molecule has 3 amide bonds. The fourth-order valence-corrected chi connectivity index (χ4v) is 3.59. The number of carbonyl (C=O) groups is 3. The molecule has 0 spiro atoms. The summed E-state index contributed by atoms with van der Waals surface area (Å²) >= 11 is 11.9. The van der Waals surface area contributed by atoms with Crippen LogP contribution in [0.25, 0.3) is 0 Å². The number of primary amides is 1. The first kappa shape index (κ1) is 19.2. The summed E-state index contributed by atoms with van der Waals surface area (Å²) in [6.07, 6.45) is 1.28. The number of nitrogens with zero attached hydrogens (tertiary/aromatic N) is 1. The van der Waals surface area contributed by atoms with E-state index in [0.717, 1.165) is 6.42 Å². The van der Waals surface area contributed by atoms with E-state index in [1.54, 1.807) is 18.2 Å². The summed E-state index contributed by atoms with van der Waals surface area (Å²) in [5.41, 5.74) is 6.42. The van der Waals surface area contributed by atoms with Crippen LogP contribution in [0, 0.1) is 0 Å². The molecule has 1 unspecified atom stereocenters. The van der Waals surface area contributed by atoms with Crippen LogP contribution in [0.1, 0.15) is 33.6 Å². The molecule has 0 saturated carbocycles. The highest BCUT2D eigenvalue weighted by Crippen LogP contribution is 2.25. The molecule has 0 bridgehead atoms. The maximum Gasteiger partial charge on any atom is 0.254 e. The van der Waals surface area contributed by atoms with Gasteiger partial charge in [0.15, 0.2) is 0 Å². The Morgan fingerprint density at radius 2 is 1.63 bits per heavy atom. The lowest BCUT2D eigenvalue weighted by atomic mass is 10.1. The van der Waals surface area contributed by atoms with Crippen molar-refractivity contribution in [3.05, 3.63) is 63.6 Å². The fourth-order valence-electron chi connectivity index (χ4n) is 3.07. The zero-order chi connectivity index (χ0) is 19.6. The van der Waals surface area contributed by atoms with Gasteiger partial charge in [-0.2, -0.15) is 0 Å². The van der Waals surface area contributed by atoms with Gasteiger partial charge >= 0.3 is 0 Å². The molecule has 6 nitrogen and oxygen atoms in total. The Hall–Kier alpha value is -2.57. The van der Waals surface area contributed by atoms with E-state index in [4.69, 9.17) is 28.9 Å². The number of rotatable bonds is 4. The highest BCUT2D eigenvalue weighted by molar-refractivity contribution is 6.35. The van der Waals surface area contributed by atoms with Gasteiger partial charge in [-0.3, -0.25) is 14.4 Å². The molecule has 1 saturated heterocycles. The quantitative estimate of drug-likeness (QED) is 0.816. The smallest absolute Gasteiger partial charge is 0.254 e. The summed E-state index contributed by atoms with van der Waals surface area (Å²) < 4.78 is 0. The van der Waals surface area contributed by atoms with E-state index in [2.05, 4.69) is 5.32 Å². The lowest BCUT2D eigenvalue weighted by Gasteiger charge is -2.24. The van der Waals surface area contributed by atoms with Crippen LogP contribution in [0.3, 0.4) is 0 Å². The highest BCUT2D eigenvalue weighted by Gasteiger charge is 2.34. The number of carbonyl (C=O) groups excluding carboxylic acids is 3. The molecule has 1 heterocycles. The number of halogens is 2. The van der Waals surface area contributed by atoms with E-state index in [0.29, 0.717) is 39.8 Å². The number of hydrogen-bond donors (Lipinski definition) is 2. The summed E-state index contributed by atoms with van der Waals surface area (Å²) in [4.78, 5) is 38.1. The molecule has 1 aliphatic heterocycles. The van der Waals surface area contributed by atoms with Gasteiger partial charge in [-0.15, -0.1) is 0 Å². The van der Waals surface area contributed by atoms with Crippen molar-refractivity contribution in [1.29, 1.82) is 0 Å². The molecule has 140 valence electrons.